The Hall–Kier alpha value is -1.06. The van der Waals surface area contributed by atoms with E-state index in [0.29, 0.717) is 0 Å². The summed E-state index contributed by atoms with van der Waals surface area (Å²) in [6.45, 7) is -3.08. The van der Waals surface area contributed by atoms with E-state index in [1.807, 2.05) is 0 Å². The second-order valence-electron chi connectivity index (χ2n) is 3.55. The third kappa shape index (κ3) is 3.47. The molecule has 0 aliphatic carbocycles. The van der Waals surface area contributed by atoms with Crippen LogP contribution >= 0.6 is 0 Å². The lowest BCUT2D eigenvalue weighted by Gasteiger charge is -2.37. The Morgan fingerprint density at radius 1 is 0.778 bits per heavy atom. The van der Waals surface area contributed by atoms with Crippen LogP contribution in [0.1, 0.15) is 0 Å². The van der Waals surface area contributed by atoms with Crippen LogP contribution in [0.4, 0.5) is 35.1 Å². The molecule has 1 heterocycles. The molecule has 0 spiro atoms. The van der Waals surface area contributed by atoms with E-state index in [2.05, 4.69) is 0 Å². The highest BCUT2D eigenvalue weighted by Gasteiger charge is 2.45. The number of nitrogens with zero attached hydrogens (tertiary/aromatic N) is 2. The lowest BCUT2D eigenvalue weighted by Crippen LogP contribution is -2.52. The summed E-state index contributed by atoms with van der Waals surface area (Å²) in [5.74, 6) is 0. The van der Waals surface area contributed by atoms with Gasteiger partial charge in [-0.15, -0.1) is 0 Å². The van der Waals surface area contributed by atoms with Crippen molar-refractivity contribution < 1.29 is 35.1 Å². The standard InChI is InChI=1S/C8H8F8N2/c9-6(10)5(7(11,12)13)17-1-3-18(4-2-17)8(14,15)16/h1-4H2. The fraction of sp³-hybridized carbons (Fsp3) is 0.750. The van der Waals surface area contributed by atoms with Crippen molar-refractivity contribution in [2.45, 2.75) is 12.5 Å². The van der Waals surface area contributed by atoms with Crippen molar-refractivity contribution in [1.29, 1.82) is 0 Å². The van der Waals surface area contributed by atoms with E-state index in [-0.39, 0.29) is 9.80 Å². The van der Waals surface area contributed by atoms with E-state index in [9.17, 15) is 35.1 Å². The molecular formula is C8H8F8N2. The van der Waals surface area contributed by atoms with E-state index in [1.54, 1.807) is 0 Å². The zero-order chi connectivity index (χ0) is 14.1. The summed E-state index contributed by atoms with van der Waals surface area (Å²) in [6.07, 6.45) is -12.9. The van der Waals surface area contributed by atoms with Gasteiger partial charge in [0.1, 0.15) is 0 Å². The molecule has 0 atom stereocenters. The van der Waals surface area contributed by atoms with Gasteiger partial charge in [0.15, 0.2) is 5.70 Å². The second kappa shape index (κ2) is 4.90. The number of hydrogen-bond donors (Lipinski definition) is 0. The normalized spacial score (nSPS) is 19.0. The van der Waals surface area contributed by atoms with Crippen LogP contribution in [0.2, 0.25) is 0 Å². The van der Waals surface area contributed by atoms with E-state index >= 15 is 0 Å². The molecule has 0 unspecified atom stereocenters. The van der Waals surface area contributed by atoms with Crippen molar-refractivity contribution in [2.24, 2.45) is 0 Å². The number of allylic oxidation sites excluding steroid dienone is 1. The molecule has 106 valence electrons. The zero-order valence-electron chi connectivity index (χ0n) is 8.75. The molecule has 1 rings (SSSR count). The highest BCUT2D eigenvalue weighted by atomic mass is 19.4. The minimum absolute atomic E-state index is 0.0202. The first-order valence-corrected chi connectivity index (χ1v) is 4.72. The fourth-order valence-electron chi connectivity index (χ4n) is 1.59. The molecule has 0 N–H and O–H groups in total. The maximum Gasteiger partial charge on any atom is 0.460 e. The molecule has 0 saturated carbocycles. The number of hydrogen-bond acceptors (Lipinski definition) is 2. The third-order valence-corrected chi connectivity index (χ3v) is 2.40. The minimum Gasteiger partial charge on any atom is -0.361 e. The molecule has 0 radical (unpaired) electrons. The number of piperazine rings is 1. The van der Waals surface area contributed by atoms with Crippen LogP contribution < -0.4 is 0 Å². The van der Waals surface area contributed by atoms with Crippen molar-refractivity contribution in [2.75, 3.05) is 26.2 Å². The number of alkyl halides is 6. The zero-order valence-corrected chi connectivity index (χ0v) is 8.75. The van der Waals surface area contributed by atoms with Crippen LogP contribution in [-0.2, 0) is 0 Å². The minimum atomic E-state index is -5.28. The Labute approximate surface area is 96.4 Å². The quantitative estimate of drug-likeness (QED) is 0.539. The van der Waals surface area contributed by atoms with Gasteiger partial charge in [0.2, 0.25) is 0 Å². The Bertz CT molecular complexity index is 319. The summed E-state index contributed by atoms with van der Waals surface area (Å²) >= 11 is 0. The average molecular weight is 284 g/mol. The smallest absolute Gasteiger partial charge is 0.361 e. The summed E-state index contributed by atoms with van der Waals surface area (Å²) in [6, 6.07) is 0. The second-order valence-corrected chi connectivity index (χ2v) is 3.55. The highest BCUT2D eigenvalue weighted by molar-refractivity contribution is 5.09. The van der Waals surface area contributed by atoms with Crippen LogP contribution in [0, 0.1) is 0 Å². The molecule has 0 amide bonds. The fourth-order valence-corrected chi connectivity index (χ4v) is 1.59. The summed E-state index contributed by atoms with van der Waals surface area (Å²) in [5, 5.41) is 0. The molecular weight excluding hydrogens is 276 g/mol. The first kappa shape index (κ1) is 15.0. The van der Waals surface area contributed by atoms with Crippen molar-refractivity contribution in [3.05, 3.63) is 11.8 Å². The van der Waals surface area contributed by atoms with Crippen molar-refractivity contribution in [3.8, 4) is 0 Å². The van der Waals surface area contributed by atoms with Crippen molar-refractivity contribution in [1.82, 2.24) is 9.80 Å². The largest absolute Gasteiger partial charge is 0.460 e. The topological polar surface area (TPSA) is 6.48 Å². The summed E-state index contributed by atoms with van der Waals surface area (Å²) in [4.78, 5) is 0.200. The molecule has 2 nitrogen and oxygen atoms in total. The van der Waals surface area contributed by atoms with Gasteiger partial charge in [0.05, 0.1) is 0 Å². The Kier molecular flexibility index (Phi) is 4.08. The van der Waals surface area contributed by atoms with Gasteiger partial charge in [-0.1, -0.05) is 0 Å². The summed E-state index contributed by atoms with van der Waals surface area (Å²) in [5.41, 5.74) is -2.16. The van der Waals surface area contributed by atoms with Crippen molar-refractivity contribution >= 4 is 0 Å². The van der Waals surface area contributed by atoms with Gasteiger partial charge in [0.25, 0.3) is 6.08 Å². The molecule has 1 saturated heterocycles. The Balaban J connectivity index is 2.76. The maximum absolute atomic E-state index is 12.3. The third-order valence-electron chi connectivity index (χ3n) is 2.40. The van der Waals surface area contributed by atoms with E-state index < -0.39 is 50.4 Å². The lowest BCUT2D eigenvalue weighted by molar-refractivity contribution is -0.252. The molecule has 1 fully saturated rings. The molecule has 1 aliphatic heterocycles. The van der Waals surface area contributed by atoms with Gasteiger partial charge in [-0.25, -0.2) is 4.90 Å². The Morgan fingerprint density at radius 2 is 1.22 bits per heavy atom. The molecule has 10 heteroatoms. The number of halogens is 8. The van der Waals surface area contributed by atoms with Crippen molar-refractivity contribution in [3.63, 3.8) is 0 Å². The van der Waals surface area contributed by atoms with Gasteiger partial charge in [-0.05, 0) is 0 Å². The van der Waals surface area contributed by atoms with E-state index in [4.69, 9.17) is 0 Å². The highest BCUT2D eigenvalue weighted by Crippen LogP contribution is 2.33. The monoisotopic (exact) mass is 284 g/mol. The molecule has 18 heavy (non-hydrogen) atoms. The predicted octanol–water partition coefficient (Wildman–Crippen LogP) is 2.79. The summed E-state index contributed by atoms with van der Waals surface area (Å²) in [7, 11) is 0. The van der Waals surface area contributed by atoms with Crippen LogP contribution in [0.3, 0.4) is 0 Å². The van der Waals surface area contributed by atoms with Crippen LogP contribution in [0.5, 0.6) is 0 Å². The van der Waals surface area contributed by atoms with Gasteiger partial charge in [-0.2, -0.15) is 35.1 Å². The average Bonchev–Trinajstić information content (AvgIpc) is 2.13. The molecule has 0 aromatic rings. The molecule has 0 aromatic heterocycles. The van der Waals surface area contributed by atoms with Crippen LogP contribution in [0.25, 0.3) is 0 Å². The Morgan fingerprint density at radius 3 is 1.50 bits per heavy atom. The maximum atomic E-state index is 12.3. The van der Waals surface area contributed by atoms with Crippen LogP contribution in [-0.4, -0.2) is 48.5 Å². The molecule has 1 aliphatic rings. The number of rotatable bonds is 1. The first-order valence-electron chi connectivity index (χ1n) is 4.72. The molecule has 0 aromatic carbocycles. The summed E-state index contributed by atoms with van der Waals surface area (Å²) < 4.78 is 97.8. The van der Waals surface area contributed by atoms with Crippen LogP contribution in [0.15, 0.2) is 11.8 Å². The predicted molar refractivity (Wildman–Crippen MR) is 44.5 cm³/mol. The van der Waals surface area contributed by atoms with Gasteiger partial charge in [-0.3, -0.25) is 0 Å². The van der Waals surface area contributed by atoms with E-state index in [1.165, 1.54) is 0 Å². The molecule has 0 bridgehead atoms. The lowest BCUT2D eigenvalue weighted by atomic mass is 10.3. The SMILES string of the molecule is FC(F)=C(N1CCN(C(F)(F)F)CC1)C(F)(F)F. The first-order chi connectivity index (χ1) is 8.03. The van der Waals surface area contributed by atoms with Gasteiger partial charge >= 0.3 is 12.5 Å². The van der Waals surface area contributed by atoms with Gasteiger partial charge < -0.3 is 4.90 Å². The van der Waals surface area contributed by atoms with Gasteiger partial charge in [0, 0.05) is 26.2 Å². The van der Waals surface area contributed by atoms with E-state index in [0.717, 1.165) is 0 Å².